The molecule has 5 heteroatoms. The molecule has 4 atom stereocenters. The van der Waals surface area contributed by atoms with Crippen LogP contribution in [-0.4, -0.2) is 30.3 Å². The van der Waals surface area contributed by atoms with Crippen molar-refractivity contribution in [3.05, 3.63) is 0 Å². The Morgan fingerprint density at radius 2 is 1.81 bits per heavy atom. The van der Waals surface area contributed by atoms with E-state index in [0.29, 0.717) is 11.8 Å². The van der Waals surface area contributed by atoms with Gasteiger partial charge in [0.1, 0.15) is 6.04 Å². The number of aliphatic carboxylic acids is 1. The first kappa shape index (κ1) is 12.8. The fraction of sp³-hybridized carbons (Fsp3) is 0.818. The molecule has 1 aliphatic carbocycles. The molecule has 1 unspecified atom stereocenters. The third-order valence-electron chi connectivity index (χ3n) is 3.52. The number of carbonyl (C=O) groups excluding carboxylic acids is 1. The van der Waals surface area contributed by atoms with E-state index in [4.69, 9.17) is 5.11 Å². The maximum absolute atomic E-state index is 11.1. The number of ether oxygens (including phenoxy) is 1. The van der Waals surface area contributed by atoms with Gasteiger partial charge in [-0.25, -0.2) is 9.59 Å². The number of carboxylic acid groups (broad SMARTS) is 1. The summed E-state index contributed by atoms with van der Waals surface area (Å²) in [6.07, 6.45) is 0.990. The van der Waals surface area contributed by atoms with E-state index in [0.717, 1.165) is 12.8 Å². The highest BCUT2D eigenvalue weighted by Gasteiger charge is 2.37. The topological polar surface area (TPSA) is 75.6 Å². The van der Waals surface area contributed by atoms with Gasteiger partial charge < -0.3 is 15.2 Å². The van der Waals surface area contributed by atoms with Crippen molar-refractivity contribution in [3.63, 3.8) is 0 Å². The summed E-state index contributed by atoms with van der Waals surface area (Å²) < 4.78 is 4.43. The summed E-state index contributed by atoms with van der Waals surface area (Å²) in [5, 5.41) is 11.5. The lowest BCUT2D eigenvalue weighted by molar-refractivity contribution is -0.140. The van der Waals surface area contributed by atoms with Crippen LogP contribution in [0.3, 0.4) is 0 Å². The number of carboxylic acids is 1. The summed E-state index contributed by atoms with van der Waals surface area (Å²) in [5.41, 5.74) is 0. The van der Waals surface area contributed by atoms with E-state index in [-0.39, 0.29) is 5.92 Å². The van der Waals surface area contributed by atoms with Crippen molar-refractivity contribution in [3.8, 4) is 0 Å². The Labute approximate surface area is 95.2 Å². The summed E-state index contributed by atoms with van der Waals surface area (Å²) in [4.78, 5) is 22.1. The lowest BCUT2D eigenvalue weighted by Crippen LogP contribution is -2.45. The Balaban J connectivity index is 2.64. The highest BCUT2D eigenvalue weighted by Crippen LogP contribution is 2.37. The molecule has 2 N–H and O–H groups in total. The molecule has 1 aliphatic rings. The zero-order valence-corrected chi connectivity index (χ0v) is 9.90. The van der Waals surface area contributed by atoms with Gasteiger partial charge in [-0.3, -0.25) is 0 Å². The van der Waals surface area contributed by atoms with Crippen molar-refractivity contribution in [2.75, 3.05) is 7.11 Å². The van der Waals surface area contributed by atoms with Gasteiger partial charge in [-0.15, -0.1) is 0 Å². The van der Waals surface area contributed by atoms with Gasteiger partial charge in [0.2, 0.25) is 0 Å². The van der Waals surface area contributed by atoms with Crippen molar-refractivity contribution < 1.29 is 19.4 Å². The SMILES string of the molecule is COC(=O)NC(C(=O)O)[C@H]1C[C@@H](C)[C@@H](C)C1. The van der Waals surface area contributed by atoms with Crippen molar-refractivity contribution in [1.82, 2.24) is 5.32 Å². The molecule has 0 spiro atoms. The highest BCUT2D eigenvalue weighted by molar-refractivity contribution is 5.80. The molecular formula is C11H19NO4. The molecule has 0 aromatic heterocycles. The molecule has 1 amide bonds. The molecule has 0 heterocycles. The molecule has 5 nitrogen and oxygen atoms in total. The number of nitrogens with one attached hydrogen (secondary N) is 1. The van der Waals surface area contributed by atoms with E-state index in [1.807, 2.05) is 0 Å². The molecule has 0 aliphatic heterocycles. The second kappa shape index (κ2) is 5.18. The maximum Gasteiger partial charge on any atom is 0.407 e. The number of carbonyl (C=O) groups is 2. The predicted octanol–water partition coefficient (Wildman–Crippen LogP) is 1.48. The third-order valence-corrected chi connectivity index (χ3v) is 3.52. The number of hydrogen-bond acceptors (Lipinski definition) is 3. The monoisotopic (exact) mass is 229 g/mol. The molecule has 1 saturated carbocycles. The number of alkyl carbamates (subject to hydrolysis) is 1. The van der Waals surface area contributed by atoms with Gasteiger partial charge in [-0.1, -0.05) is 13.8 Å². The van der Waals surface area contributed by atoms with Crippen molar-refractivity contribution >= 4 is 12.1 Å². The van der Waals surface area contributed by atoms with Crippen LogP contribution in [-0.2, 0) is 9.53 Å². The van der Waals surface area contributed by atoms with Crippen LogP contribution in [0.2, 0.25) is 0 Å². The molecular weight excluding hydrogens is 210 g/mol. The maximum atomic E-state index is 11.1. The fourth-order valence-corrected chi connectivity index (χ4v) is 2.36. The second-order valence-electron chi connectivity index (χ2n) is 4.64. The van der Waals surface area contributed by atoms with Crippen LogP contribution in [0.15, 0.2) is 0 Å². The molecule has 16 heavy (non-hydrogen) atoms. The Kier molecular flexibility index (Phi) is 4.15. The van der Waals surface area contributed by atoms with Crippen LogP contribution in [0.4, 0.5) is 4.79 Å². The summed E-state index contributed by atoms with van der Waals surface area (Å²) in [5.74, 6) is 0.0240. The normalized spacial score (nSPS) is 30.8. The van der Waals surface area contributed by atoms with Crippen LogP contribution in [0.25, 0.3) is 0 Å². The summed E-state index contributed by atoms with van der Waals surface area (Å²) >= 11 is 0. The van der Waals surface area contributed by atoms with Gasteiger partial charge in [0.25, 0.3) is 0 Å². The van der Waals surface area contributed by atoms with Crippen LogP contribution in [0.5, 0.6) is 0 Å². The van der Waals surface area contributed by atoms with E-state index < -0.39 is 18.1 Å². The van der Waals surface area contributed by atoms with Gasteiger partial charge in [0, 0.05) is 0 Å². The average molecular weight is 229 g/mol. The Bertz CT molecular complexity index is 269. The quantitative estimate of drug-likeness (QED) is 0.768. The first-order chi connectivity index (χ1) is 7.45. The minimum atomic E-state index is -0.989. The predicted molar refractivity (Wildman–Crippen MR) is 58.0 cm³/mol. The average Bonchev–Trinajstić information content (AvgIpc) is 2.54. The van der Waals surface area contributed by atoms with Gasteiger partial charge in [-0.05, 0) is 30.6 Å². The Morgan fingerprint density at radius 3 is 2.19 bits per heavy atom. The zero-order valence-electron chi connectivity index (χ0n) is 9.90. The standard InChI is InChI=1S/C11H19NO4/c1-6-4-8(5-7(6)2)9(10(13)14)12-11(15)16-3/h6-9H,4-5H2,1-3H3,(H,12,15)(H,13,14)/t6-,7+,8+,9?. The molecule has 0 saturated heterocycles. The van der Waals surface area contributed by atoms with Crippen LogP contribution in [0, 0.1) is 17.8 Å². The van der Waals surface area contributed by atoms with Gasteiger partial charge in [0.05, 0.1) is 7.11 Å². The van der Waals surface area contributed by atoms with E-state index >= 15 is 0 Å². The second-order valence-corrected chi connectivity index (χ2v) is 4.64. The third kappa shape index (κ3) is 2.87. The molecule has 0 aromatic rings. The van der Waals surface area contributed by atoms with E-state index in [1.54, 1.807) is 0 Å². The zero-order chi connectivity index (χ0) is 12.3. The highest BCUT2D eigenvalue weighted by atomic mass is 16.5. The summed E-state index contributed by atoms with van der Waals surface area (Å²) in [7, 11) is 1.23. The minimum Gasteiger partial charge on any atom is -0.480 e. The van der Waals surface area contributed by atoms with E-state index in [1.165, 1.54) is 7.11 Å². The van der Waals surface area contributed by atoms with E-state index in [2.05, 4.69) is 23.9 Å². The molecule has 1 rings (SSSR count). The first-order valence-electron chi connectivity index (χ1n) is 5.53. The summed E-state index contributed by atoms with van der Waals surface area (Å²) in [6.45, 7) is 4.23. The van der Waals surface area contributed by atoms with Crippen molar-refractivity contribution in [1.29, 1.82) is 0 Å². The van der Waals surface area contributed by atoms with Crippen molar-refractivity contribution in [2.45, 2.75) is 32.7 Å². The van der Waals surface area contributed by atoms with E-state index in [9.17, 15) is 9.59 Å². The lowest BCUT2D eigenvalue weighted by atomic mass is 9.97. The summed E-state index contributed by atoms with van der Waals surface area (Å²) in [6, 6.07) is -0.833. The van der Waals surface area contributed by atoms with Crippen LogP contribution in [0.1, 0.15) is 26.7 Å². The number of hydrogen-bond donors (Lipinski definition) is 2. The van der Waals surface area contributed by atoms with Gasteiger partial charge in [-0.2, -0.15) is 0 Å². The fourth-order valence-electron chi connectivity index (χ4n) is 2.36. The van der Waals surface area contributed by atoms with Crippen molar-refractivity contribution in [2.24, 2.45) is 17.8 Å². The number of amides is 1. The minimum absolute atomic E-state index is 0.00148. The molecule has 92 valence electrons. The molecule has 0 radical (unpaired) electrons. The molecule has 1 fully saturated rings. The van der Waals surface area contributed by atoms with Gasteiger partial charge in [0.15, 0.2) is 0 Å². The number of methoxy groups -OCH3 is 1. The molecule has 0 aromatic carbocycles. The Morgan fingerprint density at radius 1 is 1.31 bits per heavy atom. The van der Waals surface area contributed by atoms with Gasteiger partial charge >= 0.3 is 12.1 Å². The Hall–Kier alpha value is -1.26. The number of rotatable bonds is 3. The lowest BCUT2D eigenvalue weighted by Gasteiger charge is -2.20. The smallest absolute Gasteiger partial charge is 0.407 e. The molecule has 0 bridgehead atoms. The largest absolute Gasteiger partial charge is 0.480 e. The van der Waals surface area contributed by atoms with Crippen LogP contribution >= 0.6 is 0 Å². The first-order valence-corrected chi connectivity index (χ1v) is 5.53. The van der Waals surface area contributed by atoms with Crippen LogP contribution < -0.4 is 5.32 Å².